The van der Waals surface area contributed by atoms with Gasteiger partial charge in [0.1, 0.15) is 0 Å². The number of nitrogens with zero attached hydrogens (tertiary/aromatic N) is 3. The van der Waals surface area contributed by atoms with Crippen molar-refractivity contribution in [3.05, 3.63) is 95.0 Å². The van der Waals surface area contributed by atoms with E-state index in [9.17, 15) is 9.59 Å². The van der Waals surface area contributed by atoms with Gasteiger partial charge >= 0.3 is 0 Å². The third-order valence-corrected chi connectivity index (χ3v) is 7.47. The zero-order valence-electron chi connectivity index (χ0n) is 21.3. The maximum absolute atomic E-state index is 13.0. The maximum atomic E-state index is 13.0. The van der Waals surface area contributed by atoms with Crippen molar-refractivity contribution in [2.45, 2.75) is 30.7 Å². The number of hydrogen-bond donors (Lipinski definition) is 2. The molecule has 194 valence electrons. The van der Waals surface area contributed by atoms with Gasteiger partial charge < -0.3 is 15.2 Å². The lowest BCUT2D eigenvalue weighted by molar-refractivity contribution is -0.115. The number of carbonyl (C=O) groups is 2. The molecule has 1 atom stereocenters. The molecule has 1 aromatic heterocycles. The van der Waals surface area contributed by atoms with Crippen LogP contribution >= 0.6 is 23.4 Å². The Hall–Kier alpha value is -3.88. The fraction of sp³-hybridized carbons (Fsp3) is 0.172. The van der Waals surface area contributed by atoms with Crippen molar-refractivity contribution in [1.29, 1.82) is 0 Å². The molecule has 0 aliphatic carbocycles. The van der Waals surface area contributed by atoms with Crippen LogP contribution in [0.1, 0.15) is 24.5 Å². The normalized spacial score (nSPS) is 11.9. The number of anilines is 2. The van der Waals surface area contributed by atoms with E-state index in [0.29, 0.717) is 33.8 Å². The first-order valence-corrected chi connectivity index (χ1v) is 13.4. The van der Waals surface area contributed by atoms with Crippen LogP contribution in [0.15, 0.2) is 84.0 Å². The summed E-state index contributed by atoms with van der Waals surface area (Å²) in [6.07, 6.45) is 3.89. The van der Waals surface area contributed by atoms with Crippen LogP contribution in [-0.2, 0) is 16.6 Å². The van der Waals surface area contributed by atoms with E-state index in [2.05, 4.69) is 20.8 Å². The van der Waals surface area contributed by atoms with Crippen molar-refractivity contribution in [3.8, 4) is 11.4 Å². The number of nitrogens with one attached hydrogen (secondary N) is 2. The number of hydrogen-bond acceptors (Lipinski definition) is 5. The Kier molecular flexibility index (Phi) is 8.99. The molecule has 7 nitrogen and oxygen atoms in total. The number of rotatable bonds is 9. The van der Waals surface area contributed by atoms with Gasteiger partial charge in [-0.15, -0.1) is 10.2 Å². The molecule has 1 heterocycles. The van der Waals surface area contributed by atoms with E-state index in [1.165, 1.54) is 17.8 Å². The Morgan fingerprint density at radius 3 is 2.47 bits per heavy atom. The van der Waals surface area contributed by atoms with Gasteiger partial charge in [-0.1, -0.05) is 66.7 Å². The molecule has 0 fully saturated rings. The predicted molar refractivity (Wildman–Crippen MR) is 155 cm³/mol. The fourth-order valence-corrected chi connectivity index (χ4v) is 4.77. The molecule has 0 bridgehead atoms. The Morgan fingerprint density at radius 1 is 1.03 bits per heavy atom. The van der Waals surface area contributed by atoms with Crippen LogP contribution < -0.4 is 10.6 Å². The Labute approximate surface area is 231 Å². The van der Waals surface area contributed by atoms with Gasteiger partial charge in [0.25, 0.3) is 0 Å². The van der Waals surface area contributed by atoms with Gasteiger partial charge in [-0.2, -0.15) is 0 Å². The van der Waals surface area contributed by atoms with E-state index in [0.717, 1.165) is 16.7 Å². The van der Waals surface area contributed by atoms with Crippen molar-refractivity contribution in [2.75, 3.05) is 10.6 Å². The van der Waals surface area contributed by atoms with E-state index in [4.69, 9.17) is 11.6 Å². The molecule has 4 aromatic rings. The number of aromatic nitrogens is 3. The van der Waals surface area contributed by atoms with Crippen LogP contribution in [0.25, 0.3) is 17.5 Å². The van der Waals surface area contributed by atoms with E-state index in [-0.39, 0.29) is 17.1 Å². The molecule has 4 rings (SSSR count). The Bertz CT molecular complexity index is 1450. The minimum Gasteiger partial charge on any atom is -0.325 e. The average molecular weight is 546 g/mol. The number of amides is 2. The van der Waals surface area contributed by atoms with E-state index >= 15 is 0 Å². The maximum Gasteiger partial charge on any atom is 0.248 e. The molecule has 0 aliphatic rings. The molecule has 3 aromatic carbocycles. The Balaban J connectivity index is 1.40. The van der Waals surface area contributed by atoms with Crippen LogP contribution in [0.4, 0.5) is 11.4 Å². The summed E-state index contributed by atoms with van der Waals surface area (Å²) in [4.78, 5) is 25.2. The minimum absolute atomic E-state index is 0.117. The molecule has 0 radical (unpaired) electrons. The minimum atomic E-state index is -0.356. The summed E-state index contributed by atoms with van der Waals surface area (Å²) in [7, 11) is 1.87. The van der Waals surface area contributed by atoms with Crippen LogP contribution in [-0.4, -0.2) is 31.8 Å². The smallest absolute Gasteiger partial charge is 0.248 e. The summed E-state index contributed by atoms with van der Waals surface area (Å²) in [5.74, 6) is 0.333. The summed E-state index contributed by atoms with van der Waals surface area (Å²) in [5.41, 5.74) is 4.11. The molecule has 9 heteroatoms. The number of thioether (sulfide) groups is 1. The van der Waals surface area contributed by atoms with Gasteiger partial charge in [0.15, 0.2) is 11.0 Å². The van der Waals surface area contributed by atoms with Gasteiger partial charge in [-0.05, 0) is 66.9 Å². The SMILES string of the molecule is CCC(Sc1nnc(-c2ccc(NC(=O)C=Cc3ccccc3)cc2)n1C)C(=O)Nc1cc(Cl)ccc1C. The lowest BCUT2D eigenvalue weighted by atomic mass is 10.2. The number of aryl methyl sites for hydroxylation is 1. The summed E-state index contributed by atoms with van der Waals surface area (Å²) in [6, 6.07) is 22.4. The molecule has 0 aliphatic heterocycles. The monoisotopic (exact) mass is 545 g/mol. The van der Waals surface area contributed by atoms with Crippen LogP contribution in [0.2, 0.25) is 5.02 Å². The van der Waals surface area contributed by atoms with Gasteiger partial charge in [0, 0.05) is 35.1 Å². The number of benzene rings is 3. The average Bonchev–Trinajstić information content (AvgIpc) is 3.28. The quantitative estimate of drug-likeness (QED) is 0.182. The molecular formula is C29H28ClN5O2S. The lowest BCUT2D eigenvalue weighted by Gasteiger charge is -2.15. The molecule has 2 N–H and O–H groups in total. The largest absolute Gasteiger partial charge is 0.325 e. The first-order chi connectivity index (χ1) is 18.3. The molecule has 1 unspecified atom stereocenters. The first-order valence-electron chi connectivity index (χ1n) is 12.1. The number of halogens is 1. The Morgan fingerprint density at radius 2 is 1.76 bits per heavy atom. The third-order valence-electron chi connectivity index (χ3n) is 5.84. The van der Waals surface area contributed by atoms with Crippen molar-refractivity contribution in [1.82, 2.24) is 14.8 Å². The van der Waals surface area contributed by atoms with Crippen molar-refractivity contribution in [2.24, 2.45) is 7.05 Å². The van der Waals surface area contributed by atoms with Gasteiger partial charge in [0.2, 0.25) is 11.8 Å². The zero-order chi connectivity index (χ0) is 27.1. The van der Waals surface area contributed by atoms with Gasteiger partial charge in [-0.25, -0.2) is 0 Å². The second-order valence-corrected chi connectivity index (χ2v) is 10.2. The van der Waals surface area contributed by atoms with Crippen LogP contribution in [0, 0.1) is 6.92 Å². The van der Waals surface area contributed by atoms with Crippen molar-refractivity contribution in [3.63, 3.8) is 0 Å². The first kappa shape index (κ1) is 27.2. The summed E-state index contributed by atoms with van der Waals surface area (Å²) in [5, 5.41) is 15.3. The third kappa shape index (κ3) is 6.90. The van der Waals surface area contributed by atoms with Gasteiger partial charge in [0.05, 0.1) is 5.25 Å². The second-order valence-electron chi connectivity index (χ2n) is 8.64. The van der Waals surface area contributed by atoms with Crippen LogP contribution in [0.5, 0.6) is 0 Å². The van der Waals surface area contributed by atoms with E-state index < -0.39 is 0 Å². The predicted octanol–water partition coefficient (Wildman–Crippen LogP) is 6.61. The second kappa shape index (κ2) is 12.6. The standard InChI is InChI=1S/C29H28ClN5O2S/c1-4-25(28(37)32-24-18-22(30)14-10-19(24)2)38-29-34-33-27(35(29)3)21-12-15-23(16-13-21)31-26(36)17-11-20-8-6-5-7-9-20/h5-18,25H,4H2,1-3H3,(H,31,36)(H,32,37). The molecule has 38 heavy (non-hydrogen) atoms. The highest BCUT2D eigenvalue weighted by molar-refractivity contribution is 8.00. The molecule has 2 amide bonds. The zero-order valence-corrected chi connectivity index (χ0v) is 22.9. The fourth-order valence-electron chi connectivity index (χ4n) is 3.68. The van der Waals surface area contributed by atoms with Crippen molar-refractivity contribution < 1.29 is 9.59 Å². The van der Waals surface area contributed by atoms with Crippen LogP contribution in [0.3, 0.4) is 0 Å². The topological polar surface area (TPSA) is 88.9 Å². The summed E-state index contributed by atoms with van der Waals surface area (Å²) >= 11 is 7.46. The lowest BCUT2D eigenvalue weighted by Crippen LogP contribution is -2.25. The molecule has 0 saturated carbocycles. The molecule has 0 saturated heterocycles. The highest BCUT2D eigenvalue weighted by atomic mass is 35.5. The van der Waals surface area contributed by atoms with E-state index in [1.54, 1.807) is 18.2 Å². The molecular weight excluding hydrogens is 518 g/mol. The van der Waals surface area contributed by atoms with Crippen molar-refractivity contribution >= 4 is 52.6 Å². The summed E-state index contributed by atoms with van der Waals surface area (Å²) < 4.78 is 1.86. The van der Waals surface area contributed by atoms with E-state index in [1.807, 2.05) is 86.1 Å². The highest BCUT2D eigenvalue weighted by Crippen LogP contribution is 2.29. The highest BCUT2D eigenvalue weighted by Gasteiger charge is 2.22. The van der Waals surface area contributed by atoms with Gasteiger partial charge in [-0.3, -0.25) is 9.59 Å². The summed E-state index contributed by atoms with van der Waals surface area (Å²) in [6.45, 7) is 3.88. The molecule has 0 spiro atoms. The number of carbonyl (C=O) groups excluding carboxylic acids is 2.